The minimum Gasteiger partial charge on any atom is -0.496 e. The van der Waals surface area contributed by atoms with Crippen LogP contribution in [0.15, 0.2) is 36.4 Å². The molecule has 27 heavy (non-hydrogen) atoms. The molecule has 2 aromatic carbocycles. The zero-order valence-corrected chi connectivity index (χ0v) is 16.4. The Bertz CT molecular complexity index is 884. The molecule has 0 aromatic heterocycles. The molecule has 142 valence electrons. The van der Waals surface area contributed by atoms with Gasteiger partial charge in [-0.15, -0.1) is 0 Å². The number of rotatable bonds is 6. The van der Waals surface area contributed by atoms with Crippen LogP contribution in [0.1, 0.15) is 38.2 Å². The van der Waals surface area contributed by atoms with Crippen LogP contribution >= 0.6 is 0 Å². The lowest BCUT2D eigenvalue weighted by Gasteiger charge is -2.09. The van der Waals surface area contributed by atoms with Gasteiger partial charge in [-0.05, 0) is 66.8 Å². The maximum absolute atomic E-state index is 12.1. The van der Waals surface area contributed by atoms with Gasteiger partial charge >= 0.3 is 5.97 Å². The molecule has 5 nitrogen and oxygen atoms in total. The molecule has 0 bridgehead atoms. The summed E-state index contributed by atoms with van der Waals surface area (Å²) in [5.74, 6) is -0.254. The van der Waals surface area contributed by atoms with Gasteiger partial charge in [0.15, 0.2) is 0 Å². The van der Waals surface area contributed by atoms with Gasteiger partial charge in [0.2, 0.25) is 5.91 Å². The molecule has 0 radical (unpaired) electrons. The van der Waals surface area contributed by atoms with E-state index in [0.717, 1.165) is 16.7 Å². The van der Waals surface area contributed by atoms with Crippen molar-refractivity contribution in [3.05, 3.63) is 69.8 Å². The van der Waals surface area contributed by atoms with E-state index in [0.29, 0.717) is 17.9 Å². The van der Waals surface area contributed by atoms with Crippen LogP contribution in [0, 0.1) is 20.8 Å². The Kier molecular flexibility index (Phi) is 6.77. The topological polar surface area (TPSA) is 64.6 Å². The highest BCUT2D eigenvalue weighted by atomic mass is 16.5. The maximum atomic E-state index is 12.1. The Morgan fingerprint density at radius 1 is 1.00 bits per heavy atom. The summed E-state index contributed by atoms with van der Waals surface area (Å²) >= 11 is 0. The fraction of sp³-hybridized carbons (Fsp3) is 0.273. The van der Waals surface area contributed by atoms with Gasteiger partial charge in [0.25, 0.3) is 0 Å². The summed E-state index contributed by atoms with van der Waals surface area (Å²) in [6.07, 6.45) is 3.33. The molecule has 2 rings (SSSR count). The van der Waals surface area contributed by atoms with Crippen LogP contribution in [0.2, 0.25) is 0 Å². The van der Waals surface area contributed by atoms with Crippen molar-refractivity contribution in [2.24, 2.45) is 0 Å². The summed E-state index contributed by atoms with van der Waals surface area (Å²) in [6, 6.07) is 9.31. The van der Waals surface area contributed by atoms with Crippen molar-refractivity contribution in [1.82, 2.24) is 5.32 Å². The Hall–Kier alpha value is -3.08. The number of hydrogen-bond acceptors (Lipinski definition) is 4. The molecule has 0 heterocycles. The maximum Gasteiger partial charge on any atom is 0.341 e. The average molecular weight is 367 g/mol. The molecule has 0 saturated heterocycles. The van der Waals surface area contributed by atoms with Crippen molar-refractivity contribution in [3.8, 4) is 5.75 Å². The van der Waals surface area contributed by atoms with Gasteiger partial charge in [-0.25, -0.2) is 4.79 Å². The highest BCUT2D eigenvalue weighted by Gasteiger charge is 2.13. The third-order valence-electron chi connectivity index (χ3n) is 4.43. The molecule has 1 N–H and O–H groups in total. The van der Waals surface area contributed by atoms with E-state index in [-0.39, 0.29) is 5.91 Å². The lowest BCUT2D eigenvalue weighted by atomic mass is 10.0. The fourth-order valence-corrected chi connectivity index (χ4v) is 2.71. The molecule has 5 heteroatoms. The first-order chi connectivity index (χ1) is 12.8. The largest absolute Gasteiger partial charge is 0.496 e. The van der Waals surface area contributed by atoms with E-state index in [2.05, 4.69) is 31.3 Å². The molecule has 0 atom stereocenters. The Morgan fingerprint density at radius 3 is 2.37 bits per heavy atom. The number of carbonyl (C=O) groups is 2. The monoisotopic (exact) mass is 367 g/mol. The third-order valence-corrected chi connectivity index (χ3v) is 4.43. The summed E-state index contributed by atoms with van der Waals surface area (Å²) in [5, 5.41) is 2.82. The molecular formula is C22H25NO4. The molecule has 0 saturated carbocycles. The van der Waals surface area contributed by atoms with E-state index in [1.165, 1.54) is 31.4 Å². The SMILES string of the molecule is COC(=O)c1cc(CNC(=O)/C=C/c2cc(C)c(C)cc2C)ccc1OC. The van der Waals surface area contributed by atoms with Gasteiger partial charge in [-0.2, -0.15) is 0 Å². The van der Waals surface area contributed by atoms with Crippen molar-refractivity contribution in [3.63, 3.8) is 0 Å². The molecule has 0 aliphatic heterocycles. The van der Waals surface area contributed by atoms with Gasteiger partial charge in [0.05, 0.1) is 14.2 Å². The van der Waals surface area contributed by atoms with E-state index in [1.807, 2.05) is 13.0 Å². The zero-order valence-electron chi connectivity index (χ0n) is 16.4. The van der Waals surface area contributed by atoms with Crippen molar-refractivity contribution >= 4 is 18.0 Å². The van der Waals surface area contributed by atoms with Gasteiger partial charge in [-0.1, -0.05) is 18.2 Å². The van der Waals surface area contributed by atoms with Crippen LogP contribution in [0.25, 0.3) is 6.08 Å². The van der Waals surface area contributed by atoms with E-state index in [9.17, 15) is 9.59 Å². The second-order valence-corrected chi connectivity index (χ2v) is 6.37. The minimum absolute atomic E-state index is 0.205. The number of amides is 1. The van der Waals surface area contributed by atoms with Gasteiger partial charge in [0, 0.05) is 12.6 Å². The summed E-state index contributed by atoms with van der Waals surface area (Å²) in [4.78, 5) is 24.0. The van der Waals surface area contributed by atoms with Crippen LogP contribution in [0.5, 0.6) is 5.75 Å². The predicted octanol–water partition coefficient (Wildman–Crippen LogP) is 3.74. The molecule has 0 aliphatic rings. The minimum atomic E-state index is -0.481. The average Bonchev–Trinajstić information content (AvgIpc) is 2.67. The van der Waals surface area contributed by atoms with Crippen LogP contribution in [0.4, 0.5) is 0 Å². The predicted molar refractivity (Wildman–Crippen MR) is 106 cm³/mol. The summed E-state index contributed by atoms with van der Waals surface area (Å²) in [6.45, 7) is 6.44. The standard InChI is InChI=1S/C22H25NO4/c1-14-10-16(3)18(11-15(14)2)7-9-21(24)23-13-17-6-8-20(26-4)19(12-17)22(25)27-5/h6-12H,13H2,1-5H3,(H,23,24)/b9-7+. The zero-order chi connectivity index (χ0) is 20.0. The van der Waals surface area contributed by atoms with E-state index < -0.39 is 5.97 Å². The first-order valence-electron chi connectivity index (χ1n) is 8.64. The normalized spacial score (nSPS) is 10.7. The van der Waals surface area contributed by atoms with Crippen molar-refractivity contribution in [1.29, 1.82) is 0 Å². The molecule has 2 aromatic rings. The Labute approximate surface area is 160 Å². The quantitative estimate of drug-likeness (QED) is 0.624. The van der Waals surface area contributed by atoms with Gasteiger partial charge in [0.1, 0.15) is 11.3 Å². The fourth-order valence-electron chi connectivity index (χ4n) is 2.71. The smallest absolute Gasteiger partial charge is 0.341 e. The molecule has 0 fully saturated rings. The molecule has 1 amide bonds. The lowest BCUT2D eigenvalue weighted by molar-refractivity contribution is -0.116. The third kappa shape index (κ3) is 5.20. The summed E-state index contributed by atoms with van der Waals surface area (Å²) < 4.78 is 9.92. The van der Waals surface area contributed by atoms with Crippen LogP contribution in [-0.4, -0.2) is 26.1 Å². The van der Waals surface area contributed by atoms with Crippen LogP contribution < -0.4 is 10.1 Å². The Morgan fingerprint density at radius 2 is 1.70 bits per heavy atom. The summed E-state index contributed by atoms with van der Waals surface area (Å²) in [7, 11) is 2.80. The second-order valence-electron chi connectivity index (χ2n) is 6.37. The van der Waals surface area contributed by atoms with Gasteiger partial charge < -0.3 is 14.8 Å². The number of methoxy groups -OCH3 is 2. The van der Waals surface area contributed by atoms with Crippen molar-refractivity contribution in [2.45, 2.75) is 27.3 Å². The van der Waals surface area contributed by atoms with Crippen LogP contribution in [0.3, 0.4) is 0 Å². The second kappa shape index (κ2) is 9.03. The lowest BCUT2D eigenvalue weighted by Crippen LogP contribution is -2.20. The molecule has 0 spiro atoms. The first kappa shape index (κ1) is 20.2. The number of benzene rings is 2. The molecule has 0 unspecified atom stereocenters. The molecular weight excluding hydrogens is 342 g/mol. The Balaban J connectivity index is 2.05. The van der Waals surface area contributed by atoms with E-state index in [1.54, 1.807) is 18.2 Å². The number of esters is 1. The highest BCUT2D eigenvalue weighted by Crippen LogP contribution is 2.21. The van der Waals surface area contributed by atoms with Crippen molar-refractivity contribution in [2.75, 3.05) is 14.2 Å². The van der Waals surface area contributed by atoms with Crippen LogP contribution in [-0.2, 0) is 16.1 Å². The van der Waals surface area contributed by atoms with Crippen molar-refractivity contribution < 1.29 is 19.1 Å². The molecule has 0 aliphatic carbocycles. The number of carbonyl (C=O) groups excluding carboxylic acids is 2. The van der Waals surface area contributed by atoms with E-state index >= 15 is 0 Å². The van der Waals surface area contributed by atoms with E-state index in [4.69, 9.17) is 9.47 Å². The number of aryl methyl sites for hydroxylation is 3. The highest BCUT2D eigenvalue weighted by molar-refractivity contribution is 5.93. The summed E-state index contributed by atoms with van der Waals surface area (Å²) in [5.41, 5.74) is 5.67. The van der Waals surface area contributed by atoms with Gasteiger partial charge in [-0.3, -0.25) is 4.79 Å². The number of hydrogen-bond donors (Lipinski definition) is 1. The number of ether oxygens (including phenoxy) is 2. The first-order valence-corrected chi connectivity index (χ1v) is 8.64. The number of nitrogens with one attached hydrogen (secondary N) is 1.